The maximum Gasteiger partial charge on any atom is 0.0730 e. The third-order valence-electron chi connectivity index (χ3n) is 2.36. The van der Waals surface area contributed by atoms with E-state index in [4.69, 9.17) is 16.9 Å². The molecule has 0 spiro atoms. The first kappa shape index (κ1) is 9.57. The quantitative estimate of drug-likeness (QED) is 0.643. The van der Waals surface area contributed by atoms with Crippen LogP contribution >= 0.6 is 0 Å². The highest BCUT2D eigenvalue weighted by molar-refractivity contribution is 4.88. The first-order valence-electron chi connectivity index (χ1n) is 4.58. The van der Waals surface area contributed by atoms with Crippen molar-refractivity contribution in [2.75, 3.05) is 0 Å². The summed E-state index contributed by atoms with van der Waals surface area (Å²) in [7, 11) is 0. The summed E-state index contributed by atoms with van der Waals surface area (Å²) in [6.07, 6.45) is 9.65. The highest BCUT2D eigenvalue weighted by Gasteiger charge is 2.26. The van der Waals surface area contributed by atoms with Crippen LogP contribution in [-0.4, -0.2) is 18.2 Å². The zero-order valence-corrected chi connectivity index (χ0v) is 7.62. The molecule has 0 aliphatic carbocycles. The van der Waals surface area contributed by atoms with Gasteiger partial charge in [0.25, 0.3) is 0 Å². The van der Waals surface area contributed by atoms with Crippen LogP contribution in [-0.2, 0) is 4.74 Å². The van der Waals surface area contributed by atoms with E-state index in [9.17, 15) is 0 Å². The molecule has 0 amide bonds. The molecule has 2 N–H and O–H groups in total. The van der Waals surface area contributed by atoms with Crippen LogP contribution in [0.5, 0.6) is 0 Å². The predicted octanol–water partition coefficient (Wildman–Crippen LogP) is 1.29. The van der Waals surface area contributed by atoms with Gasteiger partial charge in [-0.05, 0) is 26.2 Å². The van der Waals surface area contributed by atoms with Gasteiger partial charge < -0.3 is 10.5 Å². The van der Waals surface area contributed by atoms with Crippen molar-refractivity contribution >= 4 is 0 Å². The van der Waals surface area contributed by atoms with Crippen LogP contribution in [0.4, 0.5) is 0 Å². The van der Waals surface area contributed by atoms with Crippen molar-refractivity contribution < 1.29 is 4.74 Å². The van der Waals surface area contributed by atoms with Gasteiger partial charge in [-0.25, -0.2) is 0 Å². The van der Waals surface area contributed by atoms with E-state index in [2.05, 4.69) is 12.8 Å². The van der Waals surface area contributed by atoms with E-state index in [-0.39, 0.29) is 12.1 Å². The molecule has 68 valence electrons. The molecule has 2 nitrogen and oxygen atoms in total. The molecule has 1 aliphatic heterocycles. The SMILES string of the molecule is C#CCCC(N)C1CCC(C)O1. The number of terminal acetylenes is 1. The molecule has 0 aromatic rings. The van der Waals surface area contributed by atoms with E-state index in [0.717, 1.165) is 25.7 Å². The smallest absolute Gasteiger partial charge is 0.0730 e. The van der Waals surface area contributed by atoms with Crippen LogP contribution in [0, 0.1) is 12.3 Å². The van der Waals surface area contributed by atoms with E-state index >= 15 is 0 Å². The first-order valence-corrected chi connectivity index (χ1v) is 4.58. The topological polar surface area (TPSA) is 35.2 Å². The molecule has 3 atom stereocenters. The van der Waals surface area contributed by atoms with E-state index in [1.807, 2.05) is 0 Å². The third-order valence-corrected chi connectivity index (χ3v) is 2.36. The van der Waals surface area contributed by atoms with E-state index < -0.39 is 0 Å². The summed E-state index contributed by atoms with van der Waals surface area (Å²) in [6, 6.07) is 0.131. The second kappa shape index (κ2) is 4.49. The lowest BCUT2D eigenvalue weighted by Gasteiger charge is -2.18. The van der Waals surface area contributed by atoms with Crippen LogP contribution in [0.25, 0.3) is 0 Å². The summed E-state index contributed by atoms with van der Waals surface area (Å²) in [5, 5.41) is 0. The second-order valence-corrected chi connectivity index (χ2v) is 3.47. The van der Waals surface area contributed by atoms with Crippen LogP contribution in [0.3, 0.4) is 0 Å². The van der Waals surface area contributed by atoms with Crippen molar-refractivity contribution in [2.45, 2.75) is 50.9 Å². The minimum absolute atomic E-state index is 0.131. The number of rotatable bonds is 3. The zero-order valence-electron chi connectivity index (χ0n) is 7.62. The Kier molecular flexibility index (Phi) is 3.58. The molecule has 0 bridgehead atoms. The highest BCUT2D eigenvalue weighted by atomic mass is 16.5. The second-order valence-electron chi connectivity index (χ2n) is 3.47. The van der Waals surface area contributed by atoms with Crippen LogP contribution in [0.15, 0.2) is 0 Å². The predicted molar refractivity (Wildman–Crippen MR) is 49.6 cm³/mol. The van der Waals surface area contributed by atoms with Gasteiger partial charge in [0.05, 0.1) is 12.2 Å². The van der Waals surface area contributed by atoms with Crippen molar-refractivity contribution in [1.82, 2.24) is 0 Å². The fraction of sp³-hybridized carbons (Fsp3) is 0.800. The molecule has 0 saturated carbocycles. The van der Waals surface area contributed by atoms with Gasteiger partial charge in [0.1, 0.15) is 0 Å². The van der Waals surface area contributed by atoms with Crippen molar-refractivity contribution in [3.63, 3.8) is 0 Å². The molecule has 1 saturated heterocycles. The summed E-state index contributed by atoms with van der Waals surface area (Å²) in [5.74, 6) is 2.60. The average Bonchev–Trinajstić information content (AvgIpc) is 2.47. The summed E-state index contributed by atoms with van der Waals surface area (Å²) in [4.78, 5) is 0. The van der Waals surface area contributed by atoms with Gasteiger partial charge in [0.15, 0.2) is 0 Å². The number of hydrogen-bond acceptors (Lipinski definition) is 2. The Balaban J connectivity index is 2.24. The average molecular weight is 167 g/mol. The molecule has 12 heavy (non-hydrogen) atoms. The Labute approximate surface area is 74.5 Å². The molecule has 0 aromatic carbocycles. The maximum atomic E-state index is 5.91. The standard InChI is InChI=1S/C10H17NO/c1-3-4-5-9(11)10-7-6-8(2)12-10/h1,8-10H,4-7,11H2,2H3. The molecule has 2 heteroatoms. The van der Waals surface area contributed by atoms with Crippen LogP contribution < -0.4 is 5.73 Å². The van der Waals surface area contributed by atoms with E-state index in [1.165, 1.54) is 0 Å². The minimum atomic E-state index is 0.131. The Bertz CT molecular complexity index is 173. The highest BCUT2D eigenvalue weighted by Crippen LogP contribution is 2.22. The van der Waals surface area contributed by atoms with Gasteiger partial charge in [-0.15, -0.1) is 12.3 Å². The van der Waals surface area contributed by atoms with Gasteiger partial charge in [-0.2, -0.15) is 0 Å². The summed E-state index contributed by atoms with van der Waals surface area (Å²) in [6.45, 7) is 2.09. The Morgan fingerprint density at radius 2 is 2.42 bits per heavy atom. The van der Waals surface area contributed by atoms with E-state index in [0.29, 0.717) is 6.10 Å². The molecule has 1 aliphatic rings. The summed E-state index contributed by atoms with van der Waals surface area (Å²) >= 11 is 0. The number of ether oxygens (including phenoxy) is 1. The van der Waals surface area contributed by atoms with Crippen molar-refractivity contribution in [2.24, 2.45) is 5.73 Å². The van der Waals surface area contributed by atoms with Crippen LogP contribution in [0.1, 0.15) is 32.6 Å². The Morgan fingerprint density at radius 1 is 1.67 bits per heavy atom. The molecular formula is C10H17NO. The Hall–Kier alpha value is -0.520. The normalized spacial score (nSPS) is 31.4. The summed E-state index contributed by atoms with van der Waals surface area (Å²) in [5.41, 5.74) is 5.91. The molecule has 0 aromatic heterocycles. The monoisotopic (exact) mass is 167 g/mol. The van der Waals surface area contributed by atoms with E-state index in [1.54, 1.807) is 0 Å². The molecule has 1 rings (SSSR count). The van der Waals surface area contributed by atoms with Crippen LogP contribution in [0.2, 0.25) is 0 Å². The van der Waals surface area contributed by atoms with Crippen molar-refractivity contribution in [1.29, 1.82) is 0 Å². The van der Waals surface area contributed by atoms with Gasteiger partial charge in [-0.1, -0.05) is 0 Å². The lowest BCUT2D eigenvalue weighted by atomic mass is 10.0. The fourth-order valence-corrected chi connectivity index (χ4v) is 1.58. The largest absolute Gasteiger partial charge is 0.374 e. The molecule has 1 heterocycles. The molecular weight excluding hydrogens is 150 g/mol. The van der Waals surface area contributed by atoms with Gasteiger partial charge in [0, 0.05) is 12.5 Å². The summed E-state index contributed by atoms with van der Waals surface area (Å²) < 4.78 is 5.63. The zero-order chi connectivity index (χ0) is 8.97. The molecule has 0 radical (unpaired) electrons. The van der Waals surface area contributed by atoms with Gasteiger partial charge in [0.2, 0.25) is 0 Å². The Morgan fingerprint density at radius 3 is 2.92 bits per heavy atom. The number of nitrogens with two attached hydrogens (primary N) is 1. The number of hydrogen-bond donors (Lipinski definition) is 1. The fourth-order valence-electron chi connectivity index (χ4n) is 1.58. The lowest BCUT2D eigenvalue weighted by molar-refractivity contribution is 0.0390. The molecule has 3 unspecified atom stereocenters. The van der Waals surface area contributed by atoms with Gasteiger partial charge >= 0.3 is 0 Å². The van der Waals surface area contributed by atoms with Gasteiger partial charge in [-0.3, -0.25) is 0 Å². The third kappa shape index (κ3) is 2.51. The minimum Gasteiger partial charge on any atom is -0.374 e. The van der Waals surface area contributed by atoms with Crippen molar-refractivity contribution in [3.8, 4) is 12.3 Å². The maximum absolute atomic E-state index is 5.91. The lowest BCUT2D eigenvalue weighted by Crippen LogP contribution is -2.34. The van der Waals surface area contributed by atoms with Crippen molar-refractivity contribution in [3.05, 3.63) is 0 Å². The first-order chi connectivity index (χ1) is 5.74. The molecule has 1 fully saturated rings.